The highest BCUT2D eigenvalue weighted by molar-refractivity contribution is 5.83. The third-order valence-electron chi connectivity index (χ3n) is 2.81. The highest BCUT2D eigenvalue weighted by Crippen LogP contribution is 2.20. The van der Waals surface area contributed by atoms with Gasteiger partial charge in [-0.1, -0.05) is 30.3 Å². The molecule has 2 heteroatoms. The van der Waals surface area contributed by atoms with Gasteiger partial charge in [0.15, 0.2) is 0 Å². The molecule has 0 spiro atoms. The van der Waals surface area contributed by atoms with E-state index >= 15 is 0 Å². The van der Waals surface area contributed by atoms with Crippen molar-refractivity contribution in [1.82, 2.24) is 5.32 Å². The summed E-state index contributed by atoms with van der Waals surface area (Å²) in [5, 5.41) is 5.63. The average molecular weight is 229 g/mol. The number of benzene rings is 2. The Labute approximate surface area is 103 Å². The second-order valence-corrected chi connectivity index (χ2v) is 4.17. The van der Waals surface area contributed by atoms with Crippen LogP contribution in [-0.4, -0.2) is 20.2 Å². The highest BCUT2D eigenvalue weighted by atomic mass is 16.5. The molecule has 2 aromatic rings. The zero-order valence-corrected chi connectivity index (χ0v) is 10.3. The van der Waals surface area contributed by atoms with E-state index in [0.717, 1.165) is 31.7 Å². The van der Waals surface area contributed by atoms with Gasteiger partial charge in [0.1, 0.15) is 5.75 Å². The lowest BCUT2D eigenvalue weighted by molar-refractivity contribution is 0.307. The van der Waals surface area contributed by atoms with E-state index < -0.39 is 0 Å². The van der Waals surface area contributed by atoms with E-state index in [-0.39, 0.29) is 0 Å². The summed E-state index contributed by atoms with van der Waals surface area (Å²) in [5.41, 5.74) is 0. The monoisotopic (exact) mass is 229 g/mol. The zero-order chi connectivity index (χ0) is 11.9. The molecule has 90 valence electrons. The number of nitrogens with one attached hydrogen (secondary N) is 1. The molecule has 17 heavy (non-hydrogen) atoms. The molecule has 0 saturated heterocycles. The SMILES string of the molecule is CNCCCCOc1ccc2ccccc2c1. The zero-order valence-electron chi connectivity index (χ0n) is 10.3. The molecule has 0 fully saturated rings. The molecule has 0 amide bonds. The van der Waals surface area contributed by atoms with Crippen LogP contribution >= 0.6 is 0 Å². The first-order valence-corrected chi connectivity index (χ1v) is 6.16. The van der Waals surface area contributed by atoms with Gasteiger partial charge < -0.3 is 10.1 Å². The van der Waals surface area contributed by atoms with Crippen molar-refractivity contribution in [3.8, 4) is 5.75 Å². The molecule has 0 atom stereocenters. The fourth-order valence-electron chi connectivity index (χ4n) is 1.85. The number of rotatable bonds is 6. The van der Waals surface area contributed by atoms with Crippen LogP contribution in [0.2, 0.25) is 0 Å². The quantitative estimate of drug-likeness (QED) is 0.768. The molecule has 0 aliphatic carbocycles. The van der Waals surface area contributed by atoms with Crippen molar-refractivity contribution in [1.29, 1.82) is 0 Å². The van der Waals surface area contributed by atoms with Crippen molar-refractivity contribution in [2.75, 3.05) is 20.2 Å². The van der Waals surface area contributed by atoms with Gasteiger partial charge in [0, 0.05) is 0 Å². The van der Waals surface area contributed by atoms with Crippen LogP contribution in [0.5, 0.6) is 5.75 Å². The van der Waals surface area contributed by atoms with Crippen LogP contribution < -0.4 is 10.1 Å². The second-order valence-electron chi connectivity index (χ2n) is 4.17. The Bertz CT molecular complexity index is 467. The molecule has 1 N–H and O–H groups in total. The third-order valence-corrected chi connectivity index (χ3v) is 2.81. The average Bonchev–Trinajstić information content (AvgIpc) is 2.38. The Hall–Kier alpha value is -1.54. The molecule has 0 saturated carbocycles. The van der Waals surface area contributed by atoms with Crippen molar-refractivity contribution in [2.45, 2.75) is 12.8 Å². The van der Waals surface area contributed by atoms with E-state index in [1.165, 1.54) is 10.8 Å². The number of fused-ring (bicyclic) bond motifs is 1. The largest absolute Gasteiger partial charge is 0.494 e. The molecular formula is C15H19NO. The Morgan fingerprint density at radius 3 is 2.65 bits per heavy atom. The number of hydrogen-bond donors (Lipinski definition) is 1. The summed E-state index contributed by atoms with van der Waals surface area (Å²) in [7, 11) is 1.98. The van der Waals surface area contributed by atoms with Crippen LogP contribution in [0.3, 0.4) is 0 Å². The van der Waals surface area contributed by atoms with Gasteiger partial charge in [0.05, 0.1) is 6.61 Å². The maximum atomic E-state index is 5.73. The van der Waals surface area contributed by atoms with Crippen molar-refractivity contribution in [3.05, 3.63) is 42.5 Å². The lowest BCUT2D eigenvalue weighted by atomic mass is 10.1. The first-order chi connectivity index (χ1) is 8.40. The summed E-state index contributed by atoms with van der Waals surface area (Å²) in [6.45, 7) is 1.85. The van der Waals surface area contributed by atoms with Gasteiger partial charge in [-0.25, -0.2) is 0 Å². The van der Waals surface area contributed by atoms with Gasteiger partial charge in [0.2, 0.25) is 0 Å². The predicted molar refractivity (Wildman–Crippen MR) is 72.6 cm³/mol. The molecule has 2 aromatic carbocycles. The van der Waals surface area contributed by atoms with Crippen molar-refractivity contribution < 1.29 is 4.74 Å². The van der Waals surface area contributed by atoms with E-state index in [1.54, 1.807) is 0 Å². The number of unbranched alkanes of at least 4 members (excludes halogenated alkanes) is 1. The first-order valence-electron chi connectivity index (χ1n) is 6.16. The van der Waals surface area contributed by atoms with Crippen LogP contribution in [0.25, 0.3) is 10.8 Å². The van der Waals surface area contributed by atoms with E-state index in [2.05, 4.69) is 41.7 Å². The van der Waals surface area contributed by atoms with Gasteiger partial charge in [0.25, 0.3) is 0 Å². The third kappa shape index (κ3) is 3.46. The minimum atomic E-state index is 0.792. The summed E-state index contributed by atoms with van der Waals surface area (Å²) >= 11 is 0. The Balaban J connectivity index is 1.90. The Morgan fingerprint density at radius 1 is 1.00 bits per heavy atom. The van der Waals surface area contributed by atoms with Gasteiger partial charge in [-0.2, -0.15) is 0 Å². The van der Waals surface area contributed by atoms with E-state index in [0.29, 0.717) is 0 Å². The number of ether oxygens (including phenoxy) is 1. The lowest BCUT2D eigenvalue weighted by Gasteiger charge is -2.07. The standard InChI is InChI=1S/C15H19NO/c1-16-10-4-5-11-17-15-9-8-13-6-2-3-7-14(13)12-15/h2-3,6-9,12,16H,4-5,10-11H2,1H3. The first kappa shape index (κ1) is 11.9. The molecule has 0 bridgehead atoms. The van der Waals surface area contributed by atoms with Crippen LogP contribution in [0.4, 0.5) is 0 Å². The Morgan fingerprint density at radius 2 is 1.82 bits per heavy atom. The number of hydrogen-bond acceptors (Lipinski definition) is 2. The molecule has 0 radical (unpaired) electrons. The van der Waals surface area contributed by atoms with Crippen LogP contribution in [-0.2, 0) is 0 Å². The minimum absolute atomic E-state index is 0.792. The van der Waals surface area contributed by atoms with Crippen LogP contribution in [0.15, 0.2) is 42.5 Å². The fraction of sp³-hybridized carbons (Fsp3) is 0.333. The van der Waals surface area contributed by atoms with E-state index in [1.807, 2.05) is 13.1 Å². The van der Waals surface area contributed by atoms with E-state index in [4.69, 9.17) is 4.74 Å². The highest BCUT2D eigenvalue weighted by Gasteiger charge is 1.96. The molecule has 0 aliphatic rings. The summed E-state index contributed by atoms with van der Waals surface area (Å²) in [5.74, 6) is 0.966. The van der Waals surface area contributed by atoms with Crippen LogP contribution in [0, 0.1) is 0 Å². The van der Waals surface area contributed by atoms with Gasteiger partial charge in [-0.15, -0.1) is 0 Å². The predicted octanol–water partition coefficient (Wildman–Crippen LogP) is 3.22. The summed E-state index contributed by atoms with van der Waals surface area (Å²) in [4.78, 5) is 0. The fourth-order valence-corrected chi connectivity index (χ4v) is 1.85. The summed E-state index contributed by atoms with van der Waals surface area (Å²) in [6, 6.07) is 14.6. The normalized spacial score (nSPS) is 10.6. The summed E-state index contributed by atoms with van der Waals surface area (Å²) in [6.07, 6.45) is 2.25. The minimum Gasteiger partial charge on any atom is -0.494 e. The molecule has 0 unspecified atom stereocenters. The topological polar surface area (TPSA) is 21.3 Å². The smallest absolute Gasteiger partial charge is 0.119 e. The summed E-state index contributed by atoms with van der Waals surface area (Å²) < 4.78 is 5.73. The van der Waals surface area contributed by atoms with Crippen LogP contribution in [0.1, 0.15) is 12.8 Å². The van der Waals surface area contributed by atoms with E-state index in [9.17, 15) is 0 Å². The van der Waals surface area contributed by atoms with Crippen molar-refractivity contribution in [2.24, 2.45) is 0 Å². The lowest BCUT2D eigenvalue weighted by Crippen LogP contribution is -2.09. The van der Waals surface area contributed by atoms with Gasteiger partial charge >= 0.3 is 0 Å². The molecule has 2 rings (SSSR count). The van der Waals surface area contributed by atoms with Crippen molar-refractivity contribution >= 4 is 10.8 Å². The second kappa shape index (κ2) is 6.26. The molecular weight excluding hydrogens is 210 g/mol. The maximum Gasteiger partial charge on any atom is 0.119 e. The molecule has 0 heterocycles. The molecule has 0 aromatic heterocycles. The Kier molecular flexibility index (Phi) is 4.39. The van der Waals surface area contributed by atoms with Crippen molar-refractivity contribution in [3.63, 3.8) is 0 Å². The molecule has 2 nitrogen and oxygen atoms in total. The maximum absolute atomic E-state index is 5.73. The van der Waals surface area contributed by atoms with Gasteiger partial charge in [-0.3, -0.25) is 0 Å². The van der Waals surface area contributed by atoms with Gasteiger partial charge in [-0.05, 0) is 49.3 Å². The molecule has 0 aliphatic heterocycles.